The fourth-order valence-electron chi connectivity index (χ4n) is 8.08. The van der Waals surface area contributed by atoms with Crippen LogP contribution in [-0.2, 0) is 0 Å². The lowest BCUT2D eigenvalue weighted by Crippen LogP contribution is -2.38. The first-order valence-corrected chi connectivity index (χ1v) is 25.4. The molecule has 4 amide bonds. The number of amides is 4. The maximum absolute atomic E-state index is 12.6. The molecule has 0 fully saturated rings. The molecule has 0 bridgehead atoms. The van der Waals surface area contributed by atoms with Gasteiger partial charge in [-0.2, -0.15) is 0 Å². The second-order valence-electron chi connectivity index (χ2n) is 17.6. The molecule has 2 unspecified atom stereocenters. The van der Waals surface area contributed by atoms with Gasteiger partial charge in [0.25, 0.3) is 0 Å². The van der Waals surface area contributed by atoms with Gasteiger partial charge in [0.05, 0.1) is 0 Å². The fourth-order valence-corrected chi connectivity index (χ4v) is 8.08. The van der Waals surface area contributed by atoms with Crippen LogP contribution in [0.15, 0.2) is 0 Å². The van der Waals surface area contributed by atoms with E-state index in [2.05, 4.69) is 53.9 Å². The molecule has 0 aromatic rings. The van der Waals surface area contributed by atoms with E-state index < -0.39 is 0 Å². The Morgan fingerprint density at radius 3 is 1.07 bits per heavy atom. The SMILES string of the molecule is CCCCCCCCC(CCCCCC)CNC(=O)NCCCCCCN(CCCCO)CCCCCNC(=O)NCC(CCCCCC)CCCCCCCC. The van der Waals surface area contributed by atoms with E-state index in [0.717, 1.165) is 90.8 Å². The molecule has 0 aliphatic heterocycles. The zero-order valence-corrected chi connectivity index (χ0v) is 38.9. The molecule has 0 heterocycles. The molecule has 0 saturated heterocycles. The lowest BCUT2D eigenvalue weighted by Gasteiger charge is -2.22. The molecular formula is C49H101N5O3. The van der Waals surface area contributed by atoms with E-state index in [1.165, 1.54) is 167 Å². The normalized spacial score (nSPS) is 12.5. The Kier molecular flexibility index (Phi) is 44.3. The van der Waals surface area contributed by atoms with Crippen LogP contribution in [0.4, 0.5) is 9.59 Å². The van der Waals surface area contributed by atoms with Gasteiger partial charge in [0.15, 0.2) is 0 Å². The van der Waals surface area contributed by atoms with E-state index in [1.807, 2.05) is 0 Å². The minimum absolute atomic E-state index is 0.00132. The number of nitrogens with one attached hydrogen (secondary N) is 4. The molecule has 0 radical (unpaired) electrons. The van der Waals surface area contributed by atoms with Crippen LogP contribution < -0.4 is 21.3 Å². The zero-order valence-electron chi connectivity index (χ0n) is 38.9. The minimum Gasteiger partial charge on any atom is -0.396 e. The first kappa shape index (κ1) is 55.5. The molecule has 2 atom stereocenters. The third kappa shape index (κ3) is 41.0. The Morgan fingerprint density at radius 1 is 0.386 bits per heavy atom. The Hall–Kier alpha value is -1.54. The van der Waals surface area contributed by atoms with Crippen molar-refractivity contribution in [2.45, 2.75) is 240 Å². The summed E-state index contributed by atoms with van der Waals surface area (Å²) >= 11 is 0. The number of aliphatic hydroxyl groups is 1. The number of carbonyl (C=O) groups excluding carboxylic acids is 2. The highest BCUT2D eigenvalue weighted by Gasteiger charge is 2.12. The number of hydrogen-bond acceptors (Lipinski definition) is 4. The molecule has 0 spiro atoms. The van der Waals surface area contributed by atoms with Crippen molar-refractivity contribution in [1.82, 2.24) is 26.2 Å². The summed E-state index contributed by atoms with van der Waals surface area (Å²) < 4.78 is 0. The number of unbranched alkanes of at least 4 members (excludes halogenated alkanes) is 22. The first-order chi connectivity index (χ1) is 28.0. The van der Waals surface area contributed by atoms with E-state index in [0.29, 0.717) is 11.8 Å². The van der Waals surface area contributed by atoms with Gasteiger partial charge in [-0.25, -0.2) is 9.59 Å². The number of nitrogens with zero attached hydrogens (tertiary/aromatic N) is 1. The van der Waals surface area contributed by atoms with Crippen LogP contribution in [-0.4, -0.2) is 74.5 Å². The average molecular weight is 808 g/mol. The Bertz CT molecular complexity index is 831. The van der Waals surface area contributed by atoms with Crippen molar-refractivity contribution >= 4 is 12.1 Å². The van der Waals surface area contributed by atoms with Gasteiger partial charge in [-0.05, 0) is 95.7 Å². The van der Waals surface area contributed by atoms with Crippen LogP contribution in [0.2, 0.25) is 0 Å². The van der Waals surface area contributed by atoms with Crippen molar-refractivity contribution in [3.63, 3.8) is 0 Å². The van der Waals surface area contributed by atoms with Gasteiger partial charge in [0.1, 0.15) is 0 Å². The Labute approximate surface area is 355 Å². The summed E-state index contributed by atoms with van der Waals surface area (Å²) in [4.78, 5) is 27.7. The Morgan fingerprint density at radius 2 is 0.684 bits per heavy atom. The highest BCUT2D eigenvalue weighted by atomic mass is 16.3. The summed E-state index contributed by atoms with van der Waals surface area (Å²) in [5.74, 6) is 1.21. The van der Waals surface area contributed by atoms with Gasteiger partial charge in [-0.15, -0.1) is 0 Å². The summed E-state index contributed by atoms with van der Waals surface area (Å²) in [6, 6.07) is 0.00145. The predicted molar refractivity (Wildman–Crippen MR) is 248 cm³/mol. The van der Waals surface area contributed by atoms with Crippen molar-refractivity contribution in [3.05, 3.63) is 0 Å². The van der Waals surface area contributed by atoms with Crippen LogP contribution in [0.5, 0.6) is 0 Å². The molecule has 8 nitrogen and oxygen atoms in total. The highest BCUT2D eigenvalue weighted by molar-refractivity contribution is 5.74. The van der Waals surface area contributed by atoms with E-state index in [4.69, 9.17) is 0 Å². The third-order valence-electron chi connectivity index (χ3n) is 12.0. The summed E-state index contributed by atoms with van der Waals surface area (Å²) in [5, 5.41) is 21.9. The first-order valence-electron chi connectivity index (χ1n) is 25.4. The van der Waals surface area contributed by atoms with Crippen LogP contribution in [0, 0.1) is 11.8 Å². The average Bonchev–Trinajstić information content (AvgIpc) is 3.21. The Balaban J connectivity index is 4.26. The van der Waals surface area contributed by atoms with Gasteiger partial charge < -0.3 is 31.3 Å². The molecular weight excluding hydrogens is 707 g/mol. The summed E-state index contributed by atoms with van der Waals surface area (Å²) in [7, 11) is 0. The maximum Gasteiger partial charge on any atom is 0.314 e. The zero-order chi connectivity index (χ0) is 41.7. The quantitative estimate of drug-likeness (QED) is 0.0395. The van der Waals surface area contributed by atoms with Crippen LogP contribution in [0.1, 0.15) is 240 Å². The van der Waals surface area contributed by atoms with Gasteiger partial charge in [0, 0.05) is 32.8 Å². The third-order valence-corrected chi connectivity index (χ3v) is 12.0. The smallest absolute Gasteiger partial charge is 0.314 e. The van der Waals surface area contributed by atoms with E-state index >= 15 is 0 Å². The van der Waals surface area contributed by atoms with E-state index in [-0.39, 0.29) is 18.7 Å². The van der Waals surface area contributed by atoms with Gasteiger partial charge in [-0.1, -0.05) is 175 Å². The summed E-state index contributed by atoms with van der Waals surface area (Å²) in [6.45, 7) is 15.7. The van der Waals surface area contributed by atoms with Gasteiger partial charge in [-0.3, -0.25) is 0 Å². The molecule has 0 aliphatic rings. The minimum atomic E-state index is -0.00132. The number of carbonyl (C=O) groups is 2. The topological polar surface area (TPSA) is 106 Å². The number of aliphatic hydroxyl groups excluding tert-OH is 1. The van der Waals surface area contributed by atoms with Crippen molar-refractivity contribution in [2.75, 3.05) is 52.4 Å². The largest absolute Gasteiger partial charge is 0.396 e. The lowest BCUT2D eigenvalue weighted by molar-refractivity contribution is 0.232. The molecule has 0 aliphatic carbocycles. The lowest BCUT2D eigenvalue weighted by atomic mass is 9.94. The molecule has 0 saturated carbocycles. The standard InChI is InChI=1S/C49H101N5O3/c1-5-9-13-17-19-26-36-46(34-24-15-11-7-3)44-52-48(56)50-38-28-21-22-30-40-54(42-32-33-43-55)41-31-23-29-39-51-49(57)53-45-47(35-25-16-12-8-4)37-27-20-18-14-10-6-2/h46-47,55H,5-45H2,1-4H3,(H2,50,52,56)(H2,51,53,57). The fraction of sp³-hybridized carbons (Fsp3) is 0.959. The van der Waals surface area contributed by atoms with Crippen LogP contribution >= 0.6 is 0 Å². The van der Waals surface area contributed by atoms with E-state index in [1.54, 1.807) is 0 Å². The molecule has 0 rings (SSSR count). The monoisotopic (exact) mass is 808 g/mol. The maximum atomic E-state index is 12.6. The number of hydrogen-bond donors (Lipinski definition) is 5. The highest BCUT2D eigenvalue weighted by Crippen LogP contribution is 2.20. The van der Waals surface area contributed by atoms with Crippen LogP contribution in [0.3, 0.4) is 0 Å². The molecule has 0 aromatic carbocycles. The van der Waals surface area contributed by atoms with Crippen molar-refractivity contribution < 1.29 is 14.7 Å². The van der Waals surface area contributed by atoms with E-state index in [9.17, 15) is 14.7 Å². The second-order valence-corrected chi connectivity index (χ2v) is 17.6. The number of urea groups is 2. The van der Waals surface area contributed by atoms with Crippen LogP contribution in [0.25, 0.3) is 0 Å². The second kappa shape index (κ2) is 45.5. The molecule has 0 aromatic heterocycles. The molecule has 340 valence electrons. The summed E-state index contributed by atoms with van der Waals surface area (Å²) in [5.41, 5.74) is 0. The van der Waals surface area contributed by atoms with Gasteiger partial charge >= 0.3 is 12.1 Å². The number of rotatable bonds is 45. The van der Waals surface area contributed by atoms with Crippen molar-refractivity contribution in [3.8, 4) is 0 Å². The van der Waals surface area contributed by atoms with Gasteiger partial charge in [0.2, 0.25) is 0 Å². The predicted octanol–water partition coefficient (Wildman–Crippen LogP) is 13.1. The van der Waals surface area contributed by atoms with Crippen molar-refractivity contribution in [1.29, 1.82) is 0 Å². The molecule has 57 heavy (non-hydrogen) atoms. The molecule has 8 heteroatoms. The summed E-state index contributed by atoms with van der Waals surface area (Å²) in [6.07, 6.45) is 41.0. The van der Waals surface area contributed by atoms with Crippen molar-refractivity contribution in [2.24, 2.45) is 11.8 Å². The molecule has 5 N–H and O–H groups in total.